The Morgan fingerprint density at radius 1 is 1.29 bits per heavy atom. The second-order valence-electron chi connectivity index (χ2n) is 6.42. The van der Waals surface area contributed by atoms with Gasteiger partial charge in [0.1, 0.15) is 0 Å². The third-order valence-corrected chi connectivity index (χ3v) is 3.95. The molecule has 0 spiro atoms. The zero-order valence-corrected chi connectivity index (χ0v) is 14.6. The van der Waals surface area contributed by atoms with Gasteiger partial charge in [-0.15, -0.1) is 0 Å². The molecule has 138 valence electrons. The molecule has 2 atom stereocenters. The Kier molecular flexibility index (Phi) is 8.70. The van der Waals surface area contributed by atoms with Crippen molar-refractivity contribution >= 4 is 17.8 Å². The summed E-state index contributed by atoms with van der Waals surface area (Å²) in [4.78, 5) is 37.7. The van der Waals surface area contributed by atoms with E-state index in [0.29, 0.717) is 25.9 Å². The maximum absolute atomic E-state index is 12.4. The number of ether oxygens (including phenoxy) is 1. The van der Waals surface area contributed by atoms with Gasteiger partial charge in [0.25, 0.3) is 0 Å². The van der Waals surface area contributed by atoms with Crippen LogP contribution in [0.5, 0.6) is 0 Å². The predicted molar refractivity (Wildman–Crippen MR) is 90.2 cm³/mol. The van der Waals surface area contributed by atoms with Gasteiger partial charge in [0.15, 0.2) is 12.4 Å². The average Bonchev–Trinajstić information content (AvgIpc) is 3.00. The van der Waals surface area contributed by atoms with Crippen LogP contribution in [0.2, 0.25) is 0 Å². The number of carbonyl (C=O) groups excluding carboxylic acids is 3. The number of ketones is 1. The number of amides is 2. The van der Waals surface area contributed by atoms with Crippen molar-refractivity contribution in [1.29, 1.82) is 0 Å². The smallest absolute Gasteiger partial charge is 0.407 e. The van der Waals surface area contributed by atoms with Gasteiger partial charge in [-0.2, -0.15) is 0 Å². The molecule has 0 aromatic heterocycles. The number of unbranched alkanes of at least 4 members (excludes halogenated alkanes) is 1. The third kappa shape index (κ3) is 6.45. The summed E-state index contributed by atoms with van der Waals surface area (Å²) in [5, 5.41) is 2.55. The molecule has 1 aliphatic rings. The third-order valence-electron chi connectivity index (χ3n) is 3.95. The molecule has 1 fully saturated rings. The lowest BCUT2D eigenvalue weighted by molar-refractivity contribution is -0.139. The molecule has 24 heavy (non-hydrogen) atoms. The zero-order chi connectivity index (χ0) is 18.1. The topological polar surface area (TPSA) is 128 Å². The summed E-state index contributed by atoms with van der Waals surface area (Å²) in [6, 6.07) is -1.23. The lowest BCUT2D eigenvalue weighted by Crippen LogP contribution is -2.49. The molecule has 8 nitrogen and oxygen atoms in total. The normalized spacial score (nSPS) is 18.5. The molecule has 1 heterocycles. The van der Waals surface area contributed by atoms with Crippen molar-refractivity contribution in [2.75, 3.05) is 19.7 Å². The molecule has 1 unspecified atom stereocenters. The van der Waals surface area contributed by atoms with Gasteiger partial charge in [-0.05, 0) is 46.1 Å². The fourth-order valence-electron chi connectivity index (χ4n) is 2.72. The van der Waals surface area contributed by atoms with E-state index in [9.17, 15) is 14.4 Å². The number of nitrogens with zero attached hydrogens (tertiary/aromatic N) is 1. The highest BCUT2D eigenvalue weighted by Crippen LogP contribution is 2.20. The van der Waals surface area contributed by atoms with Crippen molar-refractivity contribution in [1.82, 2.24) is 10.2 Å². The molecule has 1 rings (SSSR count). The first-order valence-corrected chi connectivity index (χ1v) is 8.59. The zero-order valence-electron chi connectivity index (χ0n) is 14.6. The maximum Gasteiger partial charge on any atom is 0.407 e. The van der Waals surface area contributed by atoms with Gasteiger partial charge in [-0.25, -0.2) is 4.79 Å². The van der Waals surface area contributed by atoms with E-state index < -0.39 is 18.2 Å². The van der Waals surface area contributed by atoms with Crippen LogP contribution in [-0.4, -0.2) is 60.5 Å². The highest BCUT2D eigenvalue weighted by Gasteiger charge is 2.36. The Morgan fingerprint density at radius 2 is 2.00 bits per heavy atom. The number of hydrogen-bond acceptors (Lipinski definition) is 6. The highest BCUT2D eigenvalue weighted by atomic mass is 16.6. The van der Waals surface area contributed by atoms with E-state index in [2.05, 4.69) is 5.32 Å². The van der Waals surface area contributed by atoms with Crippen LogP contribution >= 0.6 is 0 Å². The standard InChI is InChI=1S/C16H30N4O4/c1-11(2)19-16(23)24-10-14(21)13-7-5-9-20(13)15(22)12(18)6-3-4-8-17/h11-13H,3-10,17-18H2,1-2H3,(H,19,23)/t12?,13-/m0/s1. The van der Waals surface area contributed by atoms with Gasteiger partial charge in [0.05, 0.1) is 12.1 Å². The van der Waals surface area contributed by atoms with Gasteiger partial charge in [0.2, 0.25) is 5.91 Å². The van der Waals surface area contributed by atoms with Gasteiger partial charge >= 0.3 is 6.09 Å². The van der Waals surface area contributed by atoms with Crippen molar-refractivity contribution in [2.24, 2.45) is 11.5 Å². The van der Waals surface area contributed by atoms with Crippen LogP contribution in [0.25, 0.3) is 0 Å². The molecule has 0 bridgehead atoms. The predicted octanol–water partition coefficient (Wildman–Crippen LogP) is 0.137. The molecule has 1 saturated heterocycles. The number of rotatable bonds is 9. The van der Waals surface area contributed by atoms with Crippen molar-refractivity contribution in [3.63, 3.8) is 0 Å². The van der Waals surface area contributed by atoms with Gasteiger partial charge in [-0.1, -0.05) is 6.42 Å². The average molecular weight is 342 g/mol. The summed E-state index contributed by atoms with van der Waals surface area (Å²) < 4.78 is 4.91. The van der Waals surface area contributed by atoms with Crippen LogP contribution < -0.4 is 16.8 Å². The fraction of sp³-hybridized carbons (Fsp3) is 0.812. The van der Waals surface area contributed by atoms with Gasteiger partial charge in [-0.3, -0.25) is 9.59 Å². The van der Waals surface area contributed by atoms with Crippen LogP contribution in [0.15, 0.2) is 0 Å². The van der Waals surface area contributed by atoms with Crippen molar-refractivity contribution < 1.29 is 19.1 Å². The second kappa shape index (κ2) is 10.2. The molecule has 8 heteroatoms. The fourth-order valence-corrected chi connectivity index (χ4v) is 2.72. The summed E-state index contributed by atoms with van der Waals surface area (Å²) in [6.45, 7) is 4.34. The molecule has 0 aromatic rings. The molecule has 0 radical (unpaired) electrons. The largest absolute Gasteiger partial charge is 0.441 e. The van der Waals surface area contributed by atoms with E-state index >= 15 is 0 Å². The molecule has 2 amide bonds. The van der Waals surface area contributed by atoms with E-state index in [1.54, 1.807) is 13.8 Å². The monoisotopic (exact) mass is 342 g/mol. The molecular weight excluding hydrogens is 312 g/mol. The summed E-state index contributed by atoms with van der Waals surface area (Å²) in [5.41, 5.74) is 11.4. The number of hydrogen-bond donors (Lipinski definition) is 3. The maximum atomic E-state index is 12.4. The van der Waals surface area contributed by atoms with E-state index in [1.807, 2.05) is 0 Å². The summed E-state index contributed by atoms with van der Waals surface area (Å²) in [7, 11) is 0. The molecule has 0 aromatic carbocycles. The number of nitrogens with two attached hydrogens (primary N) is 2. The Bertz CT molecular complexity index is 442. The number of nitrogens with one attached hydrogen (secondary N) is 1. The number of carbonyl (C=O) groups is 3. The van der Waals surface area contributed by atoms with Crippen molar-refractivity contribution in [2.45, 2.75) is 64.1 Å². The Labute approximate surface area is 143 Å². The molecule has 5 N–H and O–H groups in total. The second-order valence-corrected chi connectivity index (χ2v) is 6.42. The van der Waals surface area contributed by atoms with E-state index in [0.717, 1.165) is 19.3 Å². The Hall–Kier alpha value is -1.67. The SMILES string of the molecule is CC(C)NC(=O)OCC(=O)[C@@H]1CCCN1C(=O)C(N)CCCCN. The first kappa shape index (κ1) is 20.4. The highest BCUT2D eigenvalue weighted by molar-refractivity contribution is 5.92. The molecule has 1 aliphatic heterocycles. The van der Waals surface area contributed by atoms with Gasteiger partial charge in [0, 0.05) is 12.6 Å². The lowest BCUT2D eigenvalue weighted by atomic mass is 10.1. The minimum absolute atomic E-state index is 0.0660. The van der Waals surface area contributed by atoms with Gasteiger partial charge < -0.3 is 26.4 Å². The summed E-state index contributed by atoms with van der Waals surface area (Å²) >= 11 is 0. The quantitative estimate of drug-likeness (QED) is 0.511. The van der Waals surface area contributed by atoms with E-state index in [1.165, 1.54) is 4.90 Å². The number of Topliss-reactive ketones (excluding diaryl/α,β-unsaturated/α-hetero) is 1. The first-order chi connectivity index (χ1) is 11.4. The van der Waals surface area contributed by atoms with Crippen molar-refractivity contribution in [3.8, 4) is 0 Å². The first-order valence-electron chi connectivity index (χ1n) is 8.59. The number of alkyl carbamates (subject to hydrolysis) is 1. The summed E-state index contributed by atoms with van der Waals surface area (Å²) in [5.74, 6) is -0.483. The van der Waals surface area contributed by atoms with Crippen LogP contribution in [-0.2, 0) is 14.3 Å². The Balaban J connectivity index is 2.50. The lowest BCUT2D eigenvalue weighted by Gasteiger charge is -2.26. The van der Waals surface area contributed by atoms with Crippen LogP contribution in [0.3, 0.4) is 0 Å². The van der Waals surface area contributed by atoms with E-state index in [-0.39, 0.29) is 24.3 Å². The van der Waals surface area contributed by atoms with Crippen molar-refractivity contribution in [3.05, 3.63) is 0 Å². The van der Waals surface area contributed by atoms with E-state index in [4.69, 9.17) is 16.2 Å². The molecule has 0 aliphatic carbocycles. The van der Waals surface area contributed by atoms with Crippen LogP contribution in [0.4, 0.5) is 4.79 Å². The Morgan fingerprint density at radius 3 is 2.62 bits per heavy atom. The van der Waals surface area contributed by atoms with Crippen LogP contribution in [0.1, 0.15) is 46.0 Å². The number of likely N-dealkylation sites (tertiary alicyclic amines) is 1. The molecule has 0 saturated carbocycles. The van der Waals surface area contributed by atoms with Crippen LogP contribution in [0, 0.1) is 0 Å². The summed E-state index contributed by atoms with van der Waals surface area (Å²) in [6.07, 6.45) is 2.86. The molecular formula is C16H30N4O4. The minimum atomic E-state index is -0.632. The minimum Gasteiger partial charge on any atom is -0.441 e.